The van der Waals surface area contributed by atoms with E-state index in [-0.39, 0.29) is 17.4 Å². The molecule has 0 aromatic carbocycles. The van der Waals surface area contributed by atoms with Crippen molar-refractivity contribution < 1.29 is 13.2 Å². The van der Waals surface area contributed by atoms with Gasteiger partial charge in [0.05, 0.1) is 5.75 Å². The molecule has 1 atom stereocenters. The lowest BCUT2D eigenvalue weighted by molar-refractivity contribution is -0.126. The molecule has 4 nitrogen and oxygen atoms in total. The molecule has 1 rings (SSSR count). The predicted octanol–water partition coefficient (Wildman–Crippen LogP) is 0.722. The highest BCUT2D eigenvalue weighted by atomic mass is 32.2. The first-order chi connectivity index (χ1) is 7.48. The van der Waals surface area contributed by atoms with Crippen molar-refractivity contribution in [2.24, 2.45) is 5.92 Å². The van der Waals surface area contributed by atoms with E-state index in [1.165, 1.54) is 0 Å². The first kappa shape index (κ1) is 13.6. The third-order valence-corrected chi connectivity index (χ3v) is 4.94. The molecule has 94 valence electrons. The summed E-state index contributed by atoms with van der Waals surface area (Å²) in [4.78, 5) is 13.6. The summed E-state index contributed by atoms with van der Waals surface area (Å²) in [5.41, 5.74) is 0. The zero-order valence-corrected chi connectivity index (χ0v) is 10.9. The summed E-state index contributed by atoms with van der Waals surface area (Å²) in [5, 5.41) is 0. The van der Waals surface area contributed by atoms with Crippen LogP contribution in [-0.4, -0.2) is 50.2 Å². The highest BCUT2D eigenvalue weighted by Gasteiger charge is 2.26. The Hall–Kier alpha value is -0.420. The Kier molecular flexibility index (Phi) is 4.92. The van der Waals surface area contributed by atoms with E-state index in [0.717, 1.165) is 13.0 Å². The number of likely N-dealkylation sites (tertiary alicyclic amines) is 1. The Balaban J connectivity index is 2.42. The second-order valence-corrected chi connectivity index (χ2v) is 6.83. The number of nitrogens with zero attached hydrogens (tertiary/aromatic N) is 1. The molecule has 0 aromatic heterocycles. The number of hydrogen-bond donors (Lipinski definition) is 0. The van der Waals surface area contributed by atoms with Crippen LogP contribution in [0.1, 0.15) is 26.7 Å². The fourth-order valence-electron chi connectivity index (χ4n) is 1.95. The third kappa shape index (κ3) is 3.87. The Morgan fingerprint density at radius 1 is 1.38 bits per heavy atom. The van der Waals surface area contributed by atoms with Gasteiger partial charge in [0.15, 0.2) is 9.84 Å². The predicted molar refractivity (Wildman–Crippen MR) is 64.2 cm³/mol. The molecule has 0 aromatic rings. The maximum atomic E-state index is 11.5. The molecule has 0 bridgehead atoms. The van der Waals surface area contributed by atoms with Crippen LogP contribution in [0.15, 0.2) is 0 Å². The second-order valence-electron chi connectivity index (χ2n) is 4.36. The fourth-order valence-corrected chi connectivity index (χ4v) is 2.77. The van der Waals surface area contributed by atoms with Crippen molar-refractivity contribution in [3.63, 3.8) is 0 Å². The van der Waals surface area contributed by atoms with Gasteiger partial charge in [-0.3, -0.25) is 4.79 Å². The van der Waals surface area contributed by atoms with Crippen molar-refractivity contribution >= 4 is 15.6 Å². The lowest BCUT2D eigenvalue weighted by Gasteiger charge is -2.31. The number of sulfone groups is 1. The summed E-state index contributed by atoms with van der Waals surface area (Å²) in [6, 6.07) is 0. The van der Waals surface area contributed by atoms with E-state index < -0.39 is 9.84 Å². The van der Waals surface area contributed by atoms with E-state index in [1.54, 1.807) is 6.92 Å². The molecule has 5 heteroatoms. The van der Waals surface area contributed by atoms with Crippen molar-refractivity contribution in [2.45, 2.75) is 26.7 Å². The minimum Gasteiger partial charge on any atom is -0.301 e. The van der Waals surface area contributed by atoms with Crippen molar-refractivity contribution in [1.82, 2.24) is 4.90 Å². The molecule has 0 saturated carbocycles. The number of carbonyl (C=O) groups excluding carboxylic acids is 1. The third-order valence-electron chi connectivity index (χ3n) is 3.26. The Morgan fingerprint density at radius 3 is 2.62 bits per heavy atom. The van der Waals surface area contributed by atoms with E-state index in [1.807, 2.05) is 6.92 Å². The van der Waals surface area contributed by atoms with E-state index in [2.05, 4.69) is 4.90 Å². The number of rotatable bonds is 5. The van der Waals surface area contributed by atoms with Crippen LogP contribution >= 0.6 is 0 Å². The van der Waals surface area contributed by atoms with E-state index in [0.29, 0.717) is 25.3 Å². The SMILES string of the molecule is CCC1CN(CCS(=O)(=O)CC)CCC1=O. The van der Waals surface area contributed by atoms with Crippen LogP contribution in [0.3, 0.4) is 0 Å². The summed E-state index contributed by atoms with van der Waals surface area (Å²) in [6.45, 7) is 5.70. The van der Waals surface area contributed by atoms with Crippen LogP contribution in [0.5, 0.6) is 0 Å². The fraction of sp³-hybridized carbons (Fsp3) is 0.909. The molecule has 0 radical (unpaired) electrons. The average Bonchev–Trinajstić information content (AvgIpc) is 2.28. The largest absolute Gasteiger partial charge is 0.301 e. The highest BCUT2D eigenvalue weighted by Crippen LogP contribution is 2.15. The van der Waals surface area contributed by atoms with Crippen LogP contribution in [0.2, 0.25) is 0 Å². The van der Waals surface area contributed by atoms with E-state index >= 15 is 0 Å². The molecular formula is C11H21NO3S. The van der Waals surface area contributed by atoms with Gasteiger partial charge >= 0.3 is 0 Å². The van der Waals surface area contributed by atoms with Crippen LogP contribution in [0, 0.1) is 5.92 Å². The van der Waals surface area contributed by atoms with Gasteiger partial charge in [-0.1, -0.05) is 13.8 Å². The molecule has 1 heterocycles. The lowest BCUT2D eigenvalue weighted by atomic mass is 9.94. The van der Waals surface area contributed by atoms with Crippen molar-refractivity contribution in [3.8, 4) is 0 Å². The van der Waals surface area contributed by atoms with Gasteiger partial charge in [-0.2, -0.15) is 0 Å². The second kappa shape index (κ2) is 5.77. The molecule has 0 N–H and O–H groups in total. The zero-order valence-electron chi connectivity index (χ0n) is 10.1. The average molecular weight is 247 g/mol. The van der Waals surface area contributed by atoms with E-state index in [9.17, 15) is 13.2 Å². The molecule has 16 heavy (non-hydrogen) atoms. The summed E-state index contributed by atoms with van der Waals surface area (Å²) in [5.74, 6) is 0.862. The number of carbonyl (C=O) groups is 1. The molecule has 0 spiro atoms. The smallest absolute Gasteiger partial charge is 0.151 e. The Bertz CT molecular complexity index is 337. The minimum atomic E-state index is -2.88. The highest BCUT2D eigenvalue weighted by molar-refractivity contribution is 7.91. The molecule has 0 aliphatic carbocycles. The van der Waals surface area contributed by atoms with Crippen molar-refractivity contribution in [2.75, 3.05) is 31.1 Å². The molecule has 0 amide bonds. The van der Waals surface area contributed by atoms with Gasteiger partial charge in [-0.05, 0) is 6.42 Å². The number of hydrogen-bond acceptors (Lipinski definition) is 4. The van der Waals surface area contributed by atoms with Gasteiger partial charge in [-0.15, -0.1) is 0 Å². The maximum absolute atomic E-state index is 11.5. The maximum Gasteiger partial charge on any atom is 0.151 e. The van der Waals surface area contributed by atoms with Crippen molar-refractivity contribution in [1.29, 1.82) is 0 Å². The first-order valence-corrected chi connectivity index (χ1v) is 7.76. The van der Waals surface area contributed by atoms with Crippen LogP contribution in [0.25, 0.3) is 0 Å². The van der Waals surface area contributed by atoms with Gasteiger partial charge in [0, 0.05) is 37.7 Å². The summed E-state index contributed by atoms with van der Waals surface area (Å²) in [6.07, 6.45) is 1.43. The first-order valence-electron chi connectivity index (χ1n) is 5.94. The van der Waals surface area contributed by atoms with Gasteiger partial charge in [-0.25, -0.2) is 8.42 Å². The molecular weight excluding hydrogens is 226 g/mol. The van der Waals surface area contributed by atoms with E-state index in [4.69, 9.17) is 0 Å². The molecule has 1 aliphatic heterocycles. The van der Waals surface area contributed by atoms with Crippen LogP contribution < -0.4 is 0 Å². The number of ketones is 1. The molecule has 1 aliphatic rings. The summed E-state index contributed by atoms with van der Waals surface area (Å²) in [7, 11) is -2.88. The minimum absolute atomic E-state index is 0.109. The topological polar surface area (TPSA) is 54.5 Å². The Morgan fingerprint density at radius 2 is 2.06 bits per heavy atom. The molecule has 1 saturated heterocycles. The molecule has 1 unspecified atom stereocenters. The van der Waals surface area contributed by atoms with Gasteiger partial charge < -0.3 is 4.90 Å². The number of piperidine rings is 1. The lowest BCUT2D eigenvalue weighted by Crippen LogP contribution is -2.42. The van der Waals surface area contributed by atoms with Gasteiger partial charge in [0.2, 0.25) is 0 Å². The summed E-state index contributed by atoms with van der Waals surface area (Å²) >= 11 is 0. The summed E-state index contributed by atoms with van der Waals surface area (Å²) < 4.78 is 22.7. The molecule has 1 fully saturated rings. The standard InChI is InChI=1S/C11H21NO3S/c1-3-10-9-12(6-5-11(10)13)7-8-16(14,15)4-2/h10H,3-9H2,1-2H3. The quantitative estimate of drug-likeness (QED) is 0.718. The monoisotopic (exact) mass is 247 g/mol. The van der Waals surface area contributed by atoms with Crippen LogP contribution in [-0.2, 0) is 14.6 Å². The van der Waals surface area contributed by atoms with Gasteiger partial charge in [0.25, 0.3) is 0 Å². The van der Waals surface area contributed by atoms with Crippen LogP contribution in [0.4, 0.5) is 0 Å². The van der Waals surface area contributed by atoms with Gasteiger partial charge in [0.1, 0.15) is 5.78 Å². The number of Topliss-reactive ketones (excluding diaryl/α,β-unsaturated/α-hetero) is 1. The zero-order chi connectivity index (χ0) is 12.2. The van der Waals surface area contributed by atoms with Crippen molar-refractivity contribution in [3.05, 3.63) is 0 Å². The normalized spacial score (nSPS) is 23.6. The Labute approximate surface area is 97.9 Å².